The summed E-state index contributed by atoms with van der Waals surface area (Å²) in [6, 6.07) is 15.4. The first-order valence-corrected chi connectivity index (χ1v) is 11.1. The molecule has 30 heavy (non-hydrogen) atoms. The Bertz CT molecular complexity index is 1210. The van der Waals surface area contributed by atoms with Crippen LogP contribution in [-0.4, -0.2) is 34.0 Å². The van der Waals surface area contributed by atoms with Crippen molar-refractivity contribution in [3.05, 3.63) is 59.1 Å². The van der Waals surface area contributed by atoms with Crippen LogP contribution in [0.25, 0.3) is 21.5 Å². The molecule has 152 valence electrons. The second-order valence-corrected chi connectivity index (χ2v) is 8.87. The van der Waals surface area contributed by atoms with E-state index in [0.717, 1.165) is 43.5 Å². The van der Waals surface area contributed by atoms with Crippen molar-refractivity contribution in [3.8, 4) is 17.0 Å². The van der Waals surface area contributed by atoms with Crippen LogP contribution in [0.15, 0.2) is 53.6 Å². The van der Waals surface area contributed by atoms with Crippen molar-refractivity contribution in [2.24, 2.45) is 0 Å². The second-order valence-electron chi connectivity index (χ2n) is 6.70. The van der Waals surface area contributed by atoms with E-state index in [1.165, 1.54) is 11.8 Å². The Morgan fingerprint density at radius 1 is 1.13 bits per heavy atom. The molecule has 2 aromatic heterocycles. The third-order valence-corrected chi connectivity index (χ3v) is 6.33. The molecule has 4 aromatic rings. The van der Waals surface area contributed by atoms with Crippen LogP contribution in [0.2, 0.25) is 0 Å². The first kappa shape index (κ1) is 20.3. The number of aryl methyl sites for hydroxylation is 2. The number of nitrogens with one attached hydrogen (secondary N) is 1. The summed E-state index contributed by atoms with van der Waals surface area (Å²) in [5, 5.41) is 13.3. The Labute approximate surface area is 182 Å². The molecule has 1 amide bonds. The van der Waals surface area contributed by atoms with E-state index < -0.39 is 0 Å². The number of thioether (sulfide) groups is 1. The predicted octanol–water partition coefficient (Wildman–Crippen LogP) is 5.11. The molecule has 2 heterocycles. The number of rotatable bonds is 6. The quantitative estimate of drug-likeness (QED) is 0.423. The van der Waals surface area contributed by atoms with Crippen LogP contribution in [0.1, 0.15) is 10.6 Å². The van der Waals surface area contributed by atoms with Gasteiger partial charge >= 0.3 is 0 Å². The maximum absolute atomic E-state index is 12.4. The highest BCUT2D eigenvalue weighted by Gasteiger charge is 2.17. The van der Waals surface area contributed by atoms with Gasteiger partial charge in [0.05, 0.1) is 22.6 Å². The fourth-order valence-electron chi connectivity index (χ4n) is 3.01. The van der Waals surface area contributed by atoms with E-state index in [4.69, 9.17) is 4.74 Å². The van der Waals surface area contributed by atoms with Crippen molar-refractivity contribution in [2.75, 3.05) is 18.2 Å². The van der Waals surface area contributed by atoms with Crippen LogP contribution in [0.4, 0.5) is 5.69 Å². The van der Waals surface area contributed by atoms with Crippen molar-refractivity contribution in [3.63, 3.8) is 0 Å². The van der Waals surface area contributed by atoms with Crippen molar-refractivity contribution in [1.29, 1.82) is 0 Å². The Hall–Kier alpha value is -2.97. The molecule has 8 heteroatoms. The van der Waals surface area contributed by atoms with Gasteiger partial charge in [0.25, 0.3) is 0 Å². The first-order chi connectivity index (χ1) is 14.5. The number of thiazole rings is 1. The van der Waals surface area contributed by atoms with Gasteiger partial charge in [0.15, 0.2) is 0 Å². The first-order valence-electron chi connectivity index (χ1n) is 9.31. The predicted molar refractivity (Wildman–Crippen MR) is 122 cm³/mol. The molecule has 0 aliphatic carbocycles. The van der Waals surface area contributed by atoms with E-state index in [-0.39, 0.29) is 11.7 Å². The number of anilines is 1. The van der Waals surface area contributed by atoms with Gasteiger partial charge in [-0.15, -0.1) is 21.5 Å². The van der Waals surface area contributed by atoms with E-state index in [1.807, 2.05) is 62.4 Å². The van der Waals surface area contributed by atoms with E-state index in [1.54, 1.807) is 18.4 Å². The summed E-state index contributed by atoms with van der Waals surface area (Å²) in [5.41, 5.74) is 4.40. The minimum absolute atomic E-state index is 0.0910. The number of aromatic nitrogens is 3. The smallest absolute Gasteiger partial charge is 0.234 e. The largest absolute Gasteiger partial charge is 0.497 e. The molecular formula is C22H20N4O2S2. The average molecular weight is 437 g/mol. The number of fused-ring (bicyclic) bond motifs is 1. The zero-order valence-corrected chi connectivity index (χ0v) is 18.4. The number of ether oxygens (including phenoxy) is 1. The lowest BCUT2D eigenvalue weighted by molar-refractivity contribution is -0.113. The molecule has 0 unspecified atom stereocenters. The van der Waals surface area contributed by atoms with Gasteiger partial charge in [-0.05, 0) is 55.8 Å². The maximum atomic E-state index is 12.4. The monoisotopic (exact) mass is 436 g/mol. The highest BCUT2D eigenvalue weighted by Crippen LogP contribution is 2.35. The van der Waals surface area contributed by atoms with E-state index in [2.05, 4.69) is 20.5 Å². The molecule has 0 atom stereocenters. The Balaban J connectivity index is 1.55. The standard InChI is InChI=1S/C22H20N4O2S2/c1-13-5-4-6-16(11-13)24-18(27)12-29-22-20-21(30-14(2)23-20)19(25-26-22)15-7-9-17(28-3)10-8-15/h4-11H,12H2,1-3H3,(H,24,27). The summed E-state index contributed by atoms with van der Waals surface area (Å²) in [5.74, 6) is 0.929. The van der Waals surface area contributed by atoms with Crippen LogP contribution >= 0.6 is 23.1 Å². The van der Waals surface area contributed by atoms with E-state index >= 15 is 0 Å². The number of hydrogen-bond donors (Lipinski definition) is 1. The van der Waals surface area contributed by atoms with Crippen LogP contribution in [0.3, 0.4) is 0 Å². The summed E-state index contributed by atoms with van der Waals surface area (Å²) in [6.07, 6.45) is 0. The van der Waals surface area contributed by atoms with Gasteiger partial charge in [0.1, 0.15) is 22.0 Å². The van der Waals surface area contributed by atoms with Gasteiger partial charge in [0, 0.05) is 11.3 Å². The molecule has 0 aliphatic heterocycles. The van der Waals surface area contributed by atoms with Gasteiger partial charge < -0.3 is 10.1 Å². The Kier molecular flexibility index (Phi) is 5.96. The number of amides is 1. The van der Waals surface area contributed by atoms with Crippen molar-refractivity contribution in [1.82, 2.24) is 15.2 Å². The lowest BCUT2D eigenvalue weighted by Gasteiger charge is -2.07. The Morgan fingerprint density at radius 3 is 2.67 bits per heavy atom. The van der Waals surface area contributed by atoms with Gasteiger partial charge in [-0.3, -0.25) is 4.79 Å². The van der Waals surface area contributed by atoms with Crippen LogP contribution in [0, 0.1) is 13.8 Å². The molecule has 4 rings (SSSR count). The van der Waals surface area contributed by atoms with Crippen molar-refractivity contribution >= 4 is 44.9 Å². The number of nitrogens with zero attached hydrogens (tertiary/aromatic N) is 3. The topological polar surface area (TPSA) is 77.0 Å². The van der Waals surface area contributed by atoms with Crippen LogP contribution in [-0.2, 0) is 4.79 Å². The number of benzene rings is 2. The summed E-state index contributed by atoms with van der Waals surface area (Å²) >= 11 is 2.92. The van der Waals surface area contributed by atoms with Crippen LogP contribution in [0.5, 0.6) is 5.75 Å². The number of methoxy groups -OCH3 is 1. The zero-order chi connectivity index (χ0) is 21.1. The SMILES string of the molecule is COc1ccc(-c2nnc(SCC(=O)Nc3cccc(C)c3)c3nc(C)sc23)cc1. The lowest BCUT2D eigenvalue weighted by Crippen LogP contribution is -2.14. The summed E-state index contributed by atoms with van der Waals surface area (Å²) in [6.45, 7) is 3.95. The molecule has 0 spiro atoms. The second kappa shape index (κ2) is 8.81. The Morgan fingerprint density at radius 2 is 1.93 bits per heavy atom. The molecule has 0 saturated heterocycles. The molecular weight excluding hydrogens is 416 g/mol. The highest BCUT2D eigenvalue weighted by atomic mass is 32.2. The normalized spacial score (nSPS) is 10.9. The molecule has 0 aliphatic rings. The molecule has 0 bridgehead atoms. The van der Waals surface area contributed by atoms with Crippen LogP contribution < -0.4 is 10.1 Å². The summed E-state index contributed by atoms with van der Waals surface area (Å²) < 4.78 is 6.20. The minimum Gasteiger partial charge on any atom is -0.497 e. The van der Waals surface area contributed by atoms with E-state index in [0.29, 0.717) is 5.03 Å². The van der Waals surface area contributed by atoms with E-state index in [9.17, 15) is 4.79 Å². The fraction of sp³-hybridized carbons (Fsp3) is 0.182. The average Bonchev–Trinajstić information content (AvgIpc) is 3.13. The van der Waals surface area contributed by atoms with Gasteiger partial charge in [-0.1, -0.05) is 23.9 Å². The molecule has 6 nitrogen and oxygen atoms in total. The van der Waals surface area contributed by atoms with Crippen molar-refractivity contribution in [2.45, 2.75) is 18.9 Å². The number of carbonyl (C=O) groups excluding carboxylic acids is 1. The molecule has 0 fully saturated rings. The minimum atomic E-state index is -0.0910. The summed E-state index contributed by atoms with van der Waals surface area (Å²) in [7, 11) is 1.64. The molecule has 0 radical (unpaired) electrons. The maximum Gasteiger partial charge on any atom is 0.234 e. The highest BCUT2D eigenvalue weighted by molar-refractivity contribution is 8.00. The molecule has 0 saturated carbocycles. The van der Waals surface area contributed by atoms with Crippen molar-refractivity contribution < 1.29 is 9.53 Å². The number of carbonyl (C=O) groups is 1. The van der Waals surface area contributed by atoms with Gasteiger partial charge in [-0.2, -0.15) is 0 Å². The summed E-state index contributed by atoms with van der Waals surface area (Å²) in [4.78, 5) is 17.0. The molecule has 1 N–H and O–H groups in total. The number of hydrogen-bond acceptors (Lipinski definition) is 7. The fourth-order valence-corrected chi connectivity index (χ4v) is 4.72. The third-order valence-electron chi connectivity index (χ3n) is 4.40. The third kappa shape index (κ3) is 4.44. The zero-order valence-electron chi connectivity index (χ0n) is 16.8. The molecule has 2 aromatic carbocycles. The lowest BCUT2D eigenvalue weighted by atomic mass is 10.1. The van der Waals surface area contributed by atoms with Gasteiger partial charge in [-0.25, -0.2) is 4.98 Å². The van der Waals surface area contributed by atoms with Gasteiger partial charge in [0.2, 0.25) is 5.91 Å².